The Morgan fingerprint density at radius 2 is 2.04 bits per heavy atom. The normalized spacial score (nSPS) is 18.1. The number of carboxylic acid groups (broad SMARTS) is 1. The van der Waals surface area contributed by atoms with Crippen molar-refractivity contribution < 1.29 is 14.4 Å². The van der Waals surface area contributed by atoms with Crippen LogP contribution in [0, 0.1) is 6.92 Å². The molecule has 6 nitrogen and oxygen atoms in total. The van der Waals surface area contributed by atoms with Gasteiger partial charge in [-0.1, -0.05) is 35.0 Å². The topological polar surface area (TPSA) is 69.8 Å². The van der Waals surface area contributed by atoms with E-state index in [9.17, 15) is 4.79 Å². The van der Waals surface area contributed by atoms with Crippen LogP contribution in [0.25, 0.3) is 11.3 Å². The van der Waals surface area contributed by atoms with E-state index >= 15 is 0 Å². The minimum absolute atomic E-state index is 0. The molecule has 3 rings (SSSR count). The van der Waals surface area contributed by atoms with Crippen molar-refractivity contribution in [1.29, 1.82) is 0 Å². The third-order valence-corrected chi connectivity index (χ3v) is 5.08. The van der Waals surface area contributed by atoms with Crippen molar-refractivity contribution in [3.63, 3.8) is 0 Å². The van der Waals surface area contributed by atoms with Crippen molar-refractivity contribution in [3.05, 3.63) is 41.7 Å². The molecule has 0 spiro atoms. The second-order valence-corrected chi connectivity index (χ2v) is 7.21. The molecule has 1 saturated heterocycles. The number of aliphatic carboxylic acids is 1. The zero-order valence-electron chi connectivity index (χ0n) is 15.9. The Labute approximate surface area is 166 Å². The van der Waals surface area contributed by atoms with Gasteiger partial charge in [-0.25, -0.2) is 0 Å². The van der Waals surface area contributed by atoms with Crippen molar-refractivity contribution in [1.82, 2.24) is 15.0 Å². The third-order valence-electron chi connectivity index (χ3n) is 5.08. The van der Waals surface area contributed by atoms with E-state index in [1.54, 1.807) is 0 Å². The molecule has 0 bridgehead atoms. The average Bonchev–Trinajstić information content (AvgIpc) is 2.93. The molecule has 2 aromatic rings. The second kappa shape index (κ2) is 9.88. The molecular weight excluding hydrogens is 366 g/mol. The Morgan fingerprint density at radius 3 is 2.74 bits per heavy atom. The van der Waals surface area contributed by atoms with Crippen LogP contribution in [0.3, 0.4) is 0 Å². The molecule has 0 saturated carbocycles. The number of carboxylic acids is 1. The number of hydrogen-bond acceptors (Lipinski definition) is 5. The summed E-state index contributed by atoms with van der Waals surface area (Å²) in [6.07, 6.45) is 3.07. The summed E-state index contributed by atoms with van der Waals surface area (Å²) in [5, 5.41) is 13.2. The van der Waals surface area contributed by atoms with Crippen LogP contribution >= 0.6 is 12.4 Å². The largest absolute Gasteiger partial charge is 0.480 e. The zero-order valence-corrected chi connectivity index (χ0v) is 16.7. The van der Waals surface area contributed by atoms with Gasteiger partial charge in [-0.05, 0) is 39.8 Å². The van der Waals surface area contributed by atoms with Crippen molar-refractivity contribution in [2.24, 2.45) is 0 Å². The van der Waals surface area contributed by atoms with E-state index in [0.29, 0.717) is 6.04 Å². The van der Waals surface area contributed by atoms with E-state index in [4.69, 9.17) is 9.63 Å². The predicted molar refractivity (Wildman–Crippen MR) is 107 cm³/mol. The standard InChI is InChI=1S/C20H27N3O3.ClH/c1-15-5-7-16(8-6-15)19-12-18(26-21-19)13-23-10-3-4-17(9-11-23)22(2)14-20(24)25;/h5-8,12,17H,3-4,9-11,13-14H2,1-2H3,(H,24,25);1H. The molecule has 1 aliphatic heterocycles. The molecule has 1 aromatic carbocycles. The molecule has 1 aliphatic rings. The Hall–Kier alpha value is -1.89. The predicted octanol–water partition coefficient (Wildman–Crippen LogP) is 3.44. The van der Waals surface area contributed by atoms with E-state index in [1.807, 2.05) is 18.0 Å². The van der Waals surface area contributed by atoms with E-state index in [2.05, 4.69) is 41.2 Å². The Morgan fingerprint density at radius 1 is 1.30 bits per heavy atom. The first kappa shape index (κ1) is 21.4. The van der Waals surface area contributed by atoms with E-state index in [-0.39, 0.29) is 19.0 Å². The van der Waals surface area contributed by atoms with Crippen molar-refractivity contribution in [2.75, 3.05) is 26.7 Å². The molecule has 0 aliphatic carbocycles. The Balaban J connectivity index is 0.00000261. The highest BCUT2D eigenvalue weighted by Gasteiger charge is 2.22. The maximum Gasteiger partial charge on any atom is 0.317 e. The number of halogens is 1. The van der Waals surface area contributed by atoms with Crippen LogP contribution < -0.4 is 0 Å². The van der Waals surface area contributed by atoms with Gasteiger partial charge in [-0.15, -0.1) is 12.4 Å². The van der Waals surface area contributed by atoms with E-state index < -0.39 is 5.97 Å². The fourth-order valence-electron chi connectivity index (χ4n) is 3.55. The van der Waals surface area contributed by atoms with Gasteiger partial charge < -0.3 is 9.63 Å². The molecule has 2 heterocycles. The highest BCUT2D eigenvalue weighted by atomic mass is 35.5. The fourth-order valence-corrected chi connectivity index (χ4v) is 3.55. The van der Waals surface area contributed by atoms with Crippen LogP contribution in [0.2, 0.25) is 0 Å². The maximum absolute atomic E-state index is 10.9. The molecule has 1 aromatic heterocycles. The summed E-state index contributed by atoms with van der Waals surface area (Å²) in [4.78, 5) is 15.2. The summed E-state index contributed by atoms with van der Waals surface area (Å²) < 4.78 is 5.54. The molecule has 148 valence electrons. The van der Waals surface area contributed by atoms with Crippen LogP contribution in [0.1, 0.15) is 30.6 Å². The fraction of sp³-hybridized carbons (Fsp3) is 0.500. The molecule has 1 unspecified atom stereocenters. The number of nitrogens with zero attached hydrogens (tertiary/aromatic N) is 3. The van der Waals surface area contributed by atoms with Gasteiger partial charge in [-0.2, -0.15) is 0 Å². The summed E-state index contributed by atoms with van der Waals surface area (Å²) in [5.74, 6) is 0.108. The number of aromatic nitrogens is 1. The van der Waals surface area contributed by atoms with Crippen molar-refractivity contribution >= 4 is 18.4 Å². The Kier molecular flexibility index (Phi) is 7.83. The first-order valence-electron chi connectivity index (χ1n) is 9.18. The van der Waals surface area contributed by atoms with E-state index in [1.165, 1.54) is 5.56 Å². The van der Waals surface area contributed by atoms with Gasteiger partial charge in [-0.3, -0.25) is 14.6 Å². The molecule has 1 fully saturated rings. The Bertz CT molecular complexity index is 732. The number of likely N-dealkylation sites (tertiary alicyclic amines) is 1. The monoisotopic (exact) mass is 393 g/mol. The summed E-state index contributed by atoms with van der Waals surface area (Å²) in [6, 6.07) is 10.6. The van der Waals surface area contributed by atoms with Crippen molar-refractivity contribution in [3.8, 4) is 11.3 Å². The van der Waals surface area contributed by atoms with Crippen LogP contribution in [-0.2, 0) is 11.3 Å². The summed E-state index contributed by atoms with van der Waals surface area (Å²) >= 11 is 0. The number of likely N-dealkylation sites (N-methyl/N-ethyl adjacent to an activating group) is 1. The average molecular weight is 394 g/mol. The molecule has 0 amide bonds. The highest BCUT2D eigenvalue weighted by Crippen LogP contribution is 2.22. The third kappa shape index (κ3) is 6.06. The minimum atomic E-state index is -0.765. The highest BCUT2D eigenvalue weighted by molar-refractivity contribution is 5.85. The number of carbonyl (C=O) groups is 1. The molecule has 1 N–H and O–H groups in total. The number of hydrogen-bond donors (Lipinski definition) is 1. The summed E-state index contributed by atoms with van der Waals surface area (Å²) in [6.45, 7) is 4.85. The zero-order chi connectivity index (χ0) is 18.5. The van der Waals surface area contributed by atoms with Gasteiger partial charge in [0.05, 0.1) is 13.1 Å². The number of aryl methyl sites for hydroxylation is 1. The summed E-state index contributed by atoms with van der Waals surface area (Å²) in [5.41, 5.74) is 3.16. The van der Waals surface area contributed by atoms with Crippen molar-refractivity contribution in [2.45, 2.75) is 38.8 Å². The molecule has 0 radical (unpaired) electrons. The first-order valence-corrected chi connectivity index (χ1v) is 9.18. The molecule has 27 heavy (non-hydrogen) atoms. The lowest BCUT2D eigenvalue weighted by Crippen LogP contribution is -2.36. The molecular formula is C20H28ClN3O3. The lowest BCUT2D eigenvalue weighted by molar-refractivity contribution is -0.138. The van der Waals surface area contributed by atoms with Gasteiger partial charge in [0.15, 0.2) is 5.76 Å². The van der Waals surface area contributed by atoms with Gasteiger partial charge in [0.25, 0.3) is 0 Å². The quantitative estimate of drug-likeness (QED) is 0.810. The lowest BCUT2D eigenvalue weighted by Gasteiger charge is -2.25. The van der Waals surface area contributed by atoms with Gasteiger partial charge in [0.2, 0.25) is 0 Å². The van der Waals surface area contributed by atoms with Crippen LogP contribution in [0.4, 0.5) is 0 Å². The molecule has 7 heteroatoms. The van der Waals surface area contributed by atoms with E-state index in [0.717, 1.165) is 55.9 Å². The lowest BCUT2D eigenvalue weighted by atomic mass is 10.1. The smallest absolute Gasteiger partial charge is 0.317 e. The van der Waals surface area contributed by atoms with Gasteiger partial charge >= 0.3 is 5.97 Å². The van der Waals surface area contributed by atoms with Crippen LogP contribution in [-0.4, -0.2) is 58.8 Å². The first-order chi connectivity index (χ1) is 12.5. The van der Waals surface area contributed by atoms with Crippen LogP contribution in [0.15, 0.2) is 34.9 Å². The second-order valence-electron chi connectivity index (χ2n) is 7.21. The summed E-state index contributed by atoms with van der Waals surface area (Å²) in [7, 11) is 1.90. The van der Waals surface area contributed by atoms with Crippen LogP contribution in [0.5, 0.6) is 0 Å². The number of benzene rings is 1. The van der Waals surface area contributed by atoms with Gasteiger partial charge in [0, 0.05) is 24.2 Å². The minimum Gasteiger partial charge on any atom is -0.480 e. The molecule has 1 atom stereocenters. The number of rotatable bonds is 6. The SMILES string of the molecule is Cc1ccc(-c2cc(CN3CCCC(N(C)CC(=O)O)CC3)on2)cc1.Cl. The maximum atomic E-state index is 10.9. The van der Waals surface area contributed by atoms with Gasteiger partial charge in [0.1, 0.15) is 5.69 Å².